The summed E-state index contributed by atoms with van der Waals surface area (Å²) < 4.78 is 28.1. The highest BCUT2D eigenvalue weighted by Crippen LogP contribution is 2.15. The average molecular weight is 266 g/mol. The Morgan fingerprint density at radius 3 is 2.24 bits per heavy atom. The van der Waals surface area contributed by atoms with Gasteiger partial charge in [0, 0.05) is 12.4 Å². The fourth-order valence-electron chi connectivity index (χ4n) is 1.76. The van der Waals surface area contributed by atoms with E-state index in [2.05, 4.69) is 0 Å². The van der Waals surface area contributed by atoms with Crippen molar-refractivity contribution in [1.29, 1.82) is 0 Å². The molecule has 0 fully saturated rings. The molecule has 104 valence electrons. The van der Waals surface area contributed by atoms with Crippen molar-refractivity contribution in [3.63, 3.8) is 0 Å². The zero-order chi connectivity index (χ0) is 13.5. The van der Waals surface area contributed by atoms with Gasteiger partial charge in [-0.15, -0.1) is 0 Å². The molecule has 0 spiro atoms. The number of aliphatic hydroxyl groups excluding tert-OH is 1. The van der Waals surface area contributed by atoms with E-state index in [9.17, 15) is 13.5 Å². The zero-order valence-corrected chi connectivity index (χ0v) is 12.2. The van der Waals surface area contributed by atoms with Crippen molar-refractivity contribution < 1.29 is 18.3 Å². The lowest BCUT2D eigenvalue weighted by molar-refractivity contribution is -0.0596. The van der Waals surface area contributed by atoms with Crippen LogP contribution in [0.1, 0.15) is 40.5 Å². The monoisotopic (exact) mass is 266 g/mol. The summed E-state index contributed by atoms with van der Waals surface area (Å²) in [4.78, 5) is 0. The molecule has 1 N–H and O–H groups in total. The third kappa shape index (κ3) is 7.01. The lowest BCUT2D eigenvalue weighted by atomic mass is 9.98. The van der Waals surface area contributed by atoms with Crippen molar-refractivity contribution in [3.05, 3.63) is 0 Å². The molecule has 0 aromatic rings. The zero-order valence-electron chi connectivity index (χ0n) is 11.3. The van der Waals surface area contributed by atoms with E-state index >= 15 is 0 Å². The Hall–Kier alpha value is -0.130. The lowest BCUT2D eigenvalue weighted by Gasteiger charge is -2.26. The van der Waals surface area contributed by atoms with Crippen LogP contribution in [-0.4, -0.2) is 43.8 Å². The van der Waals surface area contributed by atoms with E-state index in [1.54, 1.807) is 6.92 Å². The Balaban J connectivity index is 4.10. The second-order valence-electron chi connectivity index (χ2n) is 4.61. The number of ether oxygens (including phenoxy) is 1. The maximum absolute atomic E-state index is 11.3. The Bertz CT molecular complexity index is 285. The van der Waals surface area contributed by atoms with E-state index in [1.165, 1.54) is 0 Å². The molecule has 0 radical (unpaired) electrons. The summed E-state index contributed by atoms with van der Waals surface area (Å²) in [7, 11) is -2.93. The van der Waals surface area contributed by atoms with Crippen molar-refractivity contribution in [2.75, 3.05) is 18.1 Å². The number of hydrogen-bond donors (Lipinski definition) is 1. The molecule has 0 saturated carbocycles. The third-order valence-electron chi connectivity index (χ3n) is 2.79. The molecular formula is C12H26O4S. The summed E-state index contributed by atoms with van der Waals surface area (Å²) in [5.41, 5.74) is 0. The fraction of sp³-hybridized carbons (Fsp3) is 1.00. The van der Waals surface area contributed by atoms with Gasteiger partial charge in [0.25, 0.3) is 0 Å². The summed E-state index contributed by atoms with van der Waals surface area (Å²) in [5.74, 6) is 0.548. The van der Waals surface area contributed by atoms with Crippen LogP contribution in [0.4, 0.5) is 0 Å². The van der Waals surface area contributed by atoms with E-state index in [-0.39, 0.29) is 23.5 Å². The summed E-state index contributed by atoms with van der Waals surface area (Å²) >= 11 is 0. The van der Waals surface area contributed by atoms with Crippen LogP contribution in [-0.2, 0) is 14.6 Å². The van der Waals surface area contributed by atoms with Gasteiger partial charge in [0.15, 0.2) is 0 Å². The second kappa shape index (κ2) is 8.06. The number of hydrogen-bond acceptors (Lipinski definition) is 4. The lowest BCUT2D eigenvalue weighted by Crippen LogP contribution is -2.34. The highest BCUT2D eigenvalue weighted by Gasteiger charge is 2.23. The van der Waals surface area contributed by atoms with E-state index in [0.29, 0.717) is 19.4 Å². The summed E-state index contributed by atoms with van der Waals surface area (Å²) in [5, 5.41) is 9.96. The maximum atomic E-state index is 11.3. The fourth-order valence-corrected chi connectivity index (χ4v) is 2.66. The first-order valence-corrected chi connectivity index (χ1v) is 8.16. The summed E-state index contributed by atoms with van der Waals surface area (Å²) in [6.07, 6.45) is 0.182. The molecule has 0 saturated heterocycles. The van der Waals surface area contributed by atoms with Gasteiger partial charge in [-0.3, -0.25) is 0 Å². The molecule has 0 bridgehead atoms. The predicted octanol–water partition coefficient (Wildman–Crippen LogP) is 1.62. The highest BCUT2D eigenvalue weighted by molar-refractivity contribution is 7.91. The van der Waals surface area contributed by atoms with Crippen molar-refractivity contribution in [3.8, 4) is 0 Å². The van der Waals surface area contributed by atoms with Gasteiger partial charge < -0.3 is 9.84 Å². The molecule has 4 nitrogen and oxygen atoms in total. The molecule has 0 aromatic carbocycles. The van der Waals surface area contributed by atoms with Gasteiger partial charge in [0.05, 0.1) is 18.0 Å². The highest BCUT2D eigenvalue weighted by atomic mass is 32.2. The van der Waals surface area contributed by atoms with Crippen LogP contribution < -0.4 is 0 Å². The van der Waals surface area contributed by atoms with Crippen LogP contribution >= 0.6 is 0 Å². The molecule has 0 aliphatic heterocycles. The van der Waals surface area contributed by atoms with Crippen molar-refractivity contribution in [2.45, 2.75) is 52.7 Å². The normalized spacial score (nSPS) is 16.1. The molecule has 2 unspecified atom stereocenters. The molecule has 0 heterocycles. The van der Waals surface area contributed by atoms with E-state index < -0.39 is 15.9 Å². The van der Waals surface area contributed by atoms with E-state index in [1.807, 2.05) is 20.8 Å². The Labute approximate surface area is 105 Å². The van der Waals surface area contributed by atoms with Gasteiger partial charge in [-0.25, -0.2) is 8.42 Å². The number of sulfone groups is 1. The minimum atomic E-state index is -2.93. The molecule has 2 atom stereocenters. The van der Waals surface area contributed by atoms with Gasteiger partial charge in [0.2, 0.25) is 0 Å². The van der Waals surface area contributed by atoms with Gasteiger partial charge in [-0.2, -0.15) is 0 Å². The first-order chi connectivity index (χ1) is 7.84. The smallest absolute Gasteiger partial charge is 0.150 e. The predicted molar refractivity (Wildman–Crippen MR) is 69.8 cm³/mol. The average Bonchev–Trinajstić information content (AvgIpc) is 2.25. The first kappa shape index (κ1) is 16.9. The van der Waals surface area contributed by atoms with Gasteiger partial charge in [-0.05, 0) is 25.7 Å². The topological polar surface area (TPSA) is 63.6 Å². The number of rotatable bonds is 9. The van der Waals surface area contributed by atoms with Crippen LogP contribution in [0.15, 0.2) is 0 Å². The van der Waals surface area contributed by atoms with Crippen molar-refractivity contribution in [1.82, 2.24) is 0 Å². The van der Waals surface area contributed by atoms with E-state index in [0.717, 1.165) is 0 Å². The molecule has 0 aromatic heterocycles. The SMILES string of the molecule is CCOC(C(C)C)C(O)CCCS(=O)(=O)CC. The first-order valence-electron chi connectivity index (χ1n) is 6.34. The Morgan fingerprint density at radius 2 is 1.82 bits per heavy atom. The Morgan fingerprint density at radius 1 is 1.24 bits per heavy atom. The minimum Gasteiger partial charge on any atom is -0.390 e. The van der Waals surface area contributed by atoms with Gasteiger partial charge >= 0.3 is 0 Å². The van der Waals surface area contributed by atoms with Crippen LogP contribution in [0.2, 0.25) is 0 Å². The molecule has 5 heteroatoms. The molecule has 0 aliphatic carbocycles. The van der Waals surface area contributed by atoms with Gasteiger partial charge in [-0.1, -0.05) is 20.8 Å². The number of aliphatic hydroxyl groups is 1. The maximum Gasteiger partial charge on any atom is 0.150 e. The van der Waals surface area contributed by atoms with Crippen molar-refractivity contribution >= 4 is 9.84 Å². The molecule has 0 aliphatic rings. The van der Waals surface area contributed by atoms with Crippen molar-refractivity contribution in [2.24, 2.45) is 5.92 Å². The van der Waals surface area contributed by atoms with Crippen LogP contribution in [0.3, 0.4) is 0 Å². The molecule has 0 amide bonds. The van der Waals surface area contributed by atoms with Crippen LogP contribution in [0, 0.1) is 5.92 Å². The van der Waals surface area contributed by atoms with E-state index in [4.69, 9.17) is 4.74 Å². The molecule has 17 heavy (non-hydrogen) atoms. The summed E-state index contributed by atoms with van der Waals surface area (Å²) in [6, 6.07) is 0. The van der Waals surface area contributed by atoms with Crippen LogP contribution in [0.25, 0.3) is 0 Å². The summed E-state index contributed by atoms with van der Waals surface area (Å²) in [6.45, 7) is 8.08. The van der Waals surface area contributed by atoms with Crippen LogP contribution in [0.5, 0.6) is 0 Å². The quantitative estimate of drug-likeness (QED) is 0.689. The van der Waals surface area contributed by atoms with Gasteiger partial charge in [0.1, 0.15) is 9.84 Å². The largest absolute Gasteiger partial charge is 0.390 e. The standard InChI is InChI=1S/C12H26O4S/c1-5-16-12(10(3)4)11(13)8-7-9-17(14,15)6-2/h10-13H,5-9H2,1-4H3. The minimum absolute atomic E-state index is 0.150. The second-order valence-corrected chi connectivity index (χ2v) is 7.08. The third-order valence-corrected chi connectivity index (χ3v) is 4.58. The molecule has 0 rings (SSSR count). The molecular weight excluding hydrogens is 240 g/mol. The Kier molecular flexibility index (Phi) is 8.00.